The Hall–Kier alpha value is -2.07. The maximum Gasteiger partial charge on any atom is 0.337 e. The SMILES string of the molecule is O=C(O)c1ccc2c(C(=O)O)cccc2c1Cl. The first-order chi connectivity index (χ1) is 8.02. The second-order valence-corrected chi connectivity index (χ2v) is 3.82. The summed E-state index contributed by atoms with van der Waals surface area (Å²) in [7, 11) is 0. The van der Waals surface area contributed by atoms with E-state index in [1.807, 2.05) is 0 Å². The highest BCUT2D eigenvalue weighted by Gasteiger charge is 2.15. The number of hydrogen-bond acceptors (Lipinski definition) is 2. The van der Waals surface area contributed by atoms with Crippen LogP contribution in [0.25, 0.3) is 10.8 Å². The summed E-state index contributed by atoms with van der Waals surface area (Å²) < 4.78 is 0. The van der Waals surface area contributed by atoms with Crippen LogP contribution < -0.4 is 0 Å². The Bertz CT molecular complexity index is 634. The summed E-state index contributed by atoms with van der Waals surface area (Å²) >= 11 is 5.94. The predicted octanol–water partition coefficient (Wildman–Crippen LogP) is 2.89. The minimum atomic E-state index is -1.14. The van der Waals surface area contributed by atoms with Crippen molar-refractivity contribution < 1.29 is 19.8 Å². The van der Waals surface area contributed by atoms with Gasteiger partial charge in [-0.15, -0.1) is 0 Å². The summed E-state index contributed by atoms with van der Waals surface area (Å²) in [6, 6.07) is 7.33. The number of rotatable bonds is 2. The maximum absolute atomic E-state index is 11.0. The van der Waals surface area contributed by atoms with Crippen LogP contribution in [0, 0.1) is 0 Å². The number of hydrogen-bond donors (Lipinski definition) is 2. The van der Waals surface area contributed by atoms with Crippen molar-refractivity contribution in [1.82, 2.24) is 0 Å². The molecule has 17 heavy (non-hydrogen) atoms. The average Bonchev–Trinajstić information content (AvgIpc) is 2.28. The van der Waals surface area contributed by atoms with Gasteiger partial charge in [0, 0.05) is 5.39 Å². The molecule has 0 bridgehead atoms. The average molecular weight is 251 g/mol. The van der Waals surface area contributed by atoms with Crippen LogP contribution in [0.1, 0.15) is 20.7 Å². The normalized spacial score (nSPS) is 10.4. The van der Waals surface area contributed by atoms with E-state index in [4.69, 9.17) is 21.8 Å². The Kier molecular flexibility index (Phi) is 2.73. The van der Waals surface area contributed by atoms with Crippen LogP contribution in [-0.4, -0.2) is 22.2 Å². The van der Waals surface area contributed by atoms with Gasteiger partial charge in [-0.05, 0) is 17.5 Å². The van der Waals surface area contributed by atoms with Crippen LogP contribution in [0.2, 0.25) is 5.02 Å². The van der Waals surface area contributed by atoms with Gasteiger partial charge in [-0.2, -0.15) is 0 Å². The van der Waals surface area contributed by atoms with Gasteiger partial charge in [0.15, 0.2) is 0 Å². The van der Waals surface area contributed by atoms with Gasteiger partial charge in [0.05, 0.1) is 16.1 Å². The Morgan fingerprint density at radius 2 is 1.53 bits per heavy atom. The number of aromatic carboxylic acids is 2. The Morgan fingerprint density at radius 3 is 2.12 bits per heavy atom. The van der Waals surface area contributed by atoms with E-state index < -0.39 is 11.9 Å². The smallest absolute Gasteiger partial charge is 0.337 e. The molecule has 2 N–H and O–H groups in total. The van der Waals surface area contributed by atoms with Crippen molar-refractivity contribution in [3.05, 3.63) is 46.5 Å². The molecule has 0 aliphatic rings. The second-order valence-electron chi connectivity index (χ2n) is 3.44. The fourth-order valence-electron chi connectivity index (χ4n) is 1.67. The molecule has 4 nitrogen and oxygen atoms in total. The topological polar surface area (TPSA) is 74.6 Å². The monoisotopic (exact) mass is 250 g/mol. The Balaban J connectivity index is 2.85. The highest BCUT2D eigenvalue weighted by atomic mass is 35.5. The van der Waals surface area contributed by atoms with E-state index in [0.717, 1.165) is 0 Å². The molecule has 5 heteroatoms. The number of benzene rings is 2. The Morgan fingerprint density at radius 1 is 0.882 bits per heavy atom. The lowest BCUT2D eigenvalue weighted by Crippen LogP contribution is -2.01. The number of fused-ring (bicyclic) bond motifs is 1. The molecule has 0 aliphatic heterocycles. The van der Waals surface area contributed by atoms with Gasteiger partial charge < -0.3 is 10.2 Å². The summed E-state index contributed by atoms with van der Waals surface area (Å²) in [4.78, 5) is 21.9. The molecule has 0 aromatic heterocycles. The third-order valence-corrected chi connectivity index (χ3v) is 2.86. The predicted molar refractivity (Wildman–Crippen MR) is 62.9 cm³/mol. The zero-order valence-corrected chi connectivity index (χ0v) is 9.23. The van der Waals surface area contributed by atoms with E-state index >= 15 is 0 Å². The van der Waals surface area contributed by atoms with Crippen molar-refractivity contribution in [3.63, 3.8) is 0 Å². The highest BCUT2D eigenvalue weighted by Crippen LogP contribution is 2.29. The van der Waals surface area contributed by atoms with E-state index in [9.17, 15) is 9.59 Å². The summed E-state index contributed by atoms with van der Waals surface area (Å²) in [6.07, 6.45) is 0. The molecular formula is C12H7ClO4. The lowest BCUT2D eigenvalue weighted by atomic mass is 10.0. The van der Waals surface area contributed by atoms with Crippen molar-refractivity contribution in [2.24, 2.45) is 0 Å². The first-order valence-electron chi connectivity index (χ1n) is 4.70. The van der Waals surface area contributed by atoms with Gasteiger partial charge in [0.1, 0.15) is 0 Å². The third-order valence-electron chi connectivity index (χ3n) is 2.46. The molecule has 0 heterocycles. The van der Waals surface area contributed by atoms with Crippen LogP contribution in [0.5, 0.6) is 0 Å². The van der Waals surface area contributed by atoms with Gasteiger partial charge >= 0.3 is 11.9 Å². The number of carboxylic acid groups (broad SMARTS) is 2. The zero-order valence-electron chi connectivity index (χ0n) is 8.48. The van der Waals surface area contributed by atoms with Crippen LogP contribution in [0.4, 0.5) is 0 Å². The molecule has 2 rings (SSSR count). The molecule has 0 saturated carbocycles. The molecule has 2 aromatic rings. The van der Waals surface area contributed by atoms with Crippen LogP contribution >= 0.6 is 11.6 Å². The van der Waals surface area contributed by atoms with Crippen LogP contribution in [-0.2, 0) is 0 Å². The molecule has 0 fully saturated rings. The molecule has 86 valence electrons. The third kappa shape index (κ3) is 1.83. The molecule has 0 atom stereocenters. The van der Waals surface area contributed by atoms with E-state index in [1.54, 1.807) is 6.07 Å². The van der Waals surface area contributed by atoms with Crippen molar-refractivity contribution in [2.75, 3.05) is 0 Å². The van der Waals surface area contributed by atoms with Crippen molar-refractivity contribution in [1.29, 1.82) is 0 Å². The summed E-state index contributed by atoms with van der Waals surface area (Å²) in [5, 5.41) is 18.8. The van der Waals surface area contributed by atoms with Crippen molar-refractivity contribution in [2.45, 2.75) is 0 Å². The molecule has 0 spiro atoms. The largest absolute Gasteiger partial charge is 0.478 e. The maximum atomic E-state index is 11.0. The fourth-order valence-corrected chi connectivity index (χ4v) is 1.98. The van der Waals surface area contributed by atoms with Gasteiger partial charge in [-0.1, -0.05) is 29.8 Å². The van der Waals surface area contributed by atoms with Gasteiger partial charge in [-0.25, -0.2) is 9.59 Å². The van der Waals surface area contributed by atoms with Crippen LogP contribution in [0.15, 0.2) is 30.3 Å². The molecule has 2 aromatic carbocycles. The van der Waals surface area contributed by atoms with E-state index in [0.29, 0.717) is 10.8 Å². The minimum Gasteiger partial charge on any atom is -0.478 e. The molecular weight excluding hydrogens is 244 g/mol. The summed E-state index contributed by atoms with van der Waals surface area (Å²) in [5.74, 6) is -2.22. The van der Waals surface area contributed by atoms with E-state index in [-0.39, 0.29) is 16.1 Å². The molecule has 0 aliphatic carbocycles. The van der Waals surface area contributed by atoms with E-state index in [2.05, 4.69) is 0 Å². The first kappa shape index (κ1) is 11.4. The lowest BCUT2D eigenvalue weighted by molar-refractivity contribution is 0.0688. The first-order valence-corrected chi connectivity index (χ1v) is 5.08. The van der Waals surface area contributed by atoms with Crippen molar-refractivity contribution in [3.8, 4) is 0 Å². The summed E-state index contributed by atoms with van der Waals surface area (Å²) in [5.41, 5.74) is 0.0584. The number of carboxylic acids is 2. The molecule has 0 radical (unpaired) electrons. The number of halogens is 1. The van der Waals surface area contributed by atoms with Gasteiger partial charge in [0.25, 0.3) is 0 Å². The van der Waals surface area contributed by atoms with Gasteiger partial charge in [0.2, 0.25) is 0 Å². The second kappa shape index (κ2) is 4.07. The molecule has 0 amide bonds. The van der Waals surface area contributed by atoms with Crippen LogP contribution in [0.3, 0.4) is 0 Å². The number of carbonyl (C=O) groups is 2. The Labute approximate surface area is 101 Å². The fraction of sp³-hybridized carbons (Fsp3) is 0. The standard InChI is InChI=1S/C12H7ClO4/c13-10-7-2-1-3-8(11(14)15)6(7)4-5-9(10)12(16)17/h1-5H,(H,14,15)(H,16,17). The molecule has 0 unspecified atom stereocenters. The van der Waals surface area contributed by atoms with E-state index in [1.165, 1.54) is 24.3 Å². The highest BCUT2D eigenvalue weighted by molar-refractivity contribution is 6.38. The lowest BCUT2D eigenvalue weighted by Gasteiger charge is -2.06. The minimum absolute atomic E-state index is 0.0401. The molecule has 0 saturated heterocycles. The van der Waals surface area contributed by atoms with Crippen molar-refractivity contribution >= 4 is 34.3 Å². The van der Waals surface area contributed by atoms with Gasteiger partial charge in [-0.3, -0.25) is 0 Å². The quantitative estimate of drug-likeness (QED) is 0.859. The summed E-state index contributed by atoms with van der Waals surface area (Å²) in [6.45, 7) is 0. The zero-order chi connectivity index (χ0) is 12.6.